The molecule has 2 aromatic carbocycles. The molecule has 1 unspecified atom stereocenters. The second kappa shape index (κ2) is 7.43. The van der Waals surface area contributed by atoms with E-state index >= 15 is 0 Å². The average Bonchev–Trinajstić information content (AvgIpc) is 3.29. The molecule has 4 rings (SSSR count). The highest BCUT2D eigenvalue weighted by Crippen LogP contribution is 2.26. The number of carbonyl (C=O) groups is 1. The summed E-state index contributed by atoms with van der Waals surface area (Å²) in [5.41, 5.74) is 4.34. The zero-order valence-corrected chi connectivity index (χ0v) is 15.8. The Labute approximate surface area is 159 Å². The molecule has 0 spiro atoms. The summed E-state index contributed by atoms with van der Waals surface area (Å²) < 4.78 is 5.54. The number of benzene rings is 2. The van der Waals surface area contributed by atoms with Gasteiger partial charge < -0.3 is 15.0 Å². The number of imidazole rings is 1. The molecule has 0 saturated heterocycles. The van der Waals surface area contributed by atoms with E-state index in [4.69, 9.17) is 4.74 Å². The van der Waals surface area contributed by atoms with Crippen molar-refractivity contribution in [2.24, 2.45) is 5.92 Å². The lowest BCUT2D eigenvalue weighted by atomic mass is 10.0. The highest BCUT2D eigenvalue weighted by Gasteiger charge is 2.22. The van der Waals surface area contributed by atoms with Gasteiger partial charge in [0.2, 0.25) is 5.91 Å². The summed E-state index contributed by atoms with van der Waals surface area (Å²) in [6, 6.07) is 14.0. The molecule has 27 heavy (non-hydrogen) atoms. The van der Waals surface area contributed by atoms with Gasteiger partial charge in [-0.2, -0.15) is 0 Å². The number of hydrogen-bond acceptors (Lipinski definition) is 3. The summed E-state index contributed by atoms with van der Waals surface area (Å²) >= 11 is 0. The SMILES string of the molecule is CC(C)C(NC(=O)CCc1ccc2c(c1)CCO2)c1nc2ccccc2[nH]1. The third-order valence-electron chi connectivity index (χ3n) is 5.08. The lowest BCUT2D eigenvalue weighted by molar-refractivity contribution is -0.122. The Kier molecular flexibility index (Phi) is 4.84. The maximum absolute atomic E-state index is 12.6. The Morgan fingerprint density at radius 1 is 1.26 bits per heavy atom. The molecule has 0 bridgehead atoms. The van der Waals surface area contributed by atoms with Crippen LogP contribution in [0.15, 0.2) is 42.5 Å². The van der Waals surface area contributed by atoms with Gasteiger partial charge in [-0.25, -0.2) is 4.98 Å². The number of nitrogens with zero attached hydrogens (tertiary/aromatic N) is 1. The number of para-hydroxylation sites is 2. The number of hydrogen-bond donors (Lipinski definition) is 2. The predicted molar refractivity (Wildman–Crippen MR) is 106 cm³/mol. The van der Waals surface area contributed by atoms with Gasteiger partial charge in [-0.3, -0.25) is 4.79 Å². The number of amides is 1. The molecular weight excluding hydrogens is 338 g/mol. The molecular formula is C22H25N3O2. The summed E-state index contributed by atoms with van der Waals surface area (Å²) in [4.78, 5) is 20.6. The number of rotatable bonds is 6. The number of aryl methyl sites for hydroxylation is 1. The van der Waals surface area contributed by atoms with E-state index in [9.17, 15) is 4.79 Å². The first-order valence-corrected chi connectivity index (χ1v) is 9.59. The second-order valence-electron chi connectivity index (χ2n) is 7.47. The van der Waals surface area contributed by atoms with Crippen molar-refractivity contribution in [1.29, 1.82) is 0 Å². The van der Waals surface area contributed by atoms with E-state index in [0.29, 0.717) is 6.42 Å². The van der Waals surface area contributed by atoms with Gasteiger partial charge in [0.1, 0.15) is 11.6 Å². The van der Waals surface area contributed by atoms with E-state index in [-0.39, 0.29) is 17.9 Å². The molecule has 2 heterocycles. The number of aromatic nitrogens is 2. The van der Waals surface area contributed by atoms with Crippen LogP contribution in [0.5, 0.6) is 5.75 Å². The van der Waals surface area contributed by atoms with Gasteiger partial charge in [0.25, 0.3) is 0 Å². The van der Waals surface area contributed by atoms with Crippen LogP contribution >= 0.6 is 0 Å². The number of ether oxygens (including phenoxy) is 1. The van der Waals surface area contributed by atoms with E-state index in [1.807, 2.05) is 30.3 Å². The van der Waals surface area contributed by atoms with Gasteiger partial charge in [0.15, 0.2) is 0 Å². The van der Waals surface area contributed by atoms with Crippen LogP contribution < -0.4 is 10.1 Å². The monoisotopic (exact) mass is 363 g/mol. The Balaban J connectivity index is 1.41. The van der Waals surface area contributed by atoms with Crippen molar-refractivity contribution in [3.8, 4) is 5.75 Å². The fraction of sp³-hybridized carbons (Fsp3) is 0.364. The second-order valence-corrected chi connectivity index (χ2v) is 7.47. The lowest BCUT2D eigenvalue weighted by Gasteiger charge is -2.20. The van der Waals surface area contributed by atoms with Crippen LogP contribution in [0.3, 0.4) is 0 Å². The van der Waals surface area contributed by atoms with E-state index in [1.54, 1.807) is 0 Å². The maximum atomic E-state index is 12.6. The fourth-order valence-corrected chi connectivity index (χ4v) is 3.57. The predicted octanol–water partition coefficient (Wildman–Crippen LogP) is 3.94. The summed E-state index contributed by atoms with van der Waals surface area (Å²) in [5, 5.41) is 3.16. The van der Waals surface area contributed by atoms with Gasteiger partial charge in [-0.15, -0.1) is 0 Å². The molecule has 1 amide bonds. The van der Waals surface area contributed by atoms with Crippen LogP contribution in [-0.4, -0.2) is 22.5 Å². The molecule has 1 aliphatic heterocycles. The van der Waals surface area contributed by atoms with Gasteiger partial charge in [0.05, 0.1) is 23.7 Å². The highest BCUT2D eigenvalue weighted by atomic mass is 16.5. The van der Waals surface area contributed by atoms with Crippen LogP contribution in [0.2, 0.25) is 0 Å². The Hall–Kier alpha value is -2.82. The molecule has 2 N–H and O–H groups in total. The van der Waals surface area contributed by atoms with Crippen LogP contribution in [-0.2, 0) is 17.6 Å². The molecule has 0 radical (unpaired) electrons. The molecule has 5 heteroatoms. The third-order valence-corrected chi connectivity index (χ3v) is 5.08. The van der Waals surface area contributed by atoms with E-state index in [1.165, 1.54) is 11.1 Å². The summed E-state index contributed by atoms with van der Waals surface area (Å²) in [6.45, 7) is 4.95. The molecule has 0 aliphatic carbocycles. The lowest BCUT2D eigenvalue weighted by Crippen LogP contribution is -2.32. The minimum absolute atomic E-state index is 0.0471. The van der Waals surface area contributed by atoms with Gasteiger partial charge in [-0.1, -0.05) is 38.1 Å². The Morgan fingerprint density at radius 3 is 2.93 bits per heavy atom. The number of nitrogens with one attached hydrogen (secondary N) is 2. The molecule has 1 aliphatic rings. The molecule has 0 saturated carbocycles. The topological polar surface area (TPSA) is 67.0 Å². The molecule has 5 nitrogen and oxygen atoms in total. The first-order valence-electron chi connectivity index (χ1n) is 9.59. The summed E-state index contributed by atoms with van der Waals surface area (Å²) in [7, 11) is 0. The number of carbonyl (C=O) groups excluding carboxylic acids is 1. The van der Waals surface area contributed by atoms with Crippen molar-refractivity contribution in [2.45, 2.75) is 39.2 Å². The minimum atomic E-state index is -0.127. The minimum Gasteiger partial charge on any atom is -0.493 e. The molecule has 0 fully saturated rings. The Morgan fingerprint density at radius 2 is 2.11 bits per heavy atom. The largest absolute Gasteiger partial charge is 0.493 e. The smallest absolute Gasteiger partial charge is 0.220 e. The van der Waals surface area contributed by atoms with Crippen LogP contribution in [0, 0.1) is 5.92 Å². The summed E-state index contributed by atoms with van der Waals surface area (Å²) in [5.74, 6) is 2.08. The third kappa shape index (κ3) is 3.82. The van der Waals surface area contributed by atoms with E-state index in [2.05, 4.69) is 41.3 Å². The normalized spacial score (nSPS) is 14.2. The molecule has 140 valence electrons. The van der Waals surface area contributed by atoms with Crippen LogP contribution in [0.1, 0.15) is 43.3 Å². The zero-order valence-electron chi connectivity index (χ0n) is 15.8. The van der Waals surface area contributed by atoms with Crippen molar-refractivity contribution < 1.29 is 9.53 Å². The maximum Gasteiger partial charge on any atom is 0.220 e. The highest BCUT2D eigenvalue weighted by molar-refractivity contribution is 5.77. The molecule has 3 aromatic rings. The average molecular weight is 363 g/mol. The number of fused-ring (bicyclic) bond motifs is 2. The van der Waals surface area contributed by atoms with Crippen molar-refractivity contribution in [3.63, 3.8) is 0 Å². The number of H-pyrrole nitrogens is 1. The Bertz CT molecular complexity index is 928. The first kappa shape index (κ1) is 17.6. The molecule has 1 atom stereocenters. The van der Waals surface area contributed by atoms with Crippen molar-refractivity contribution >= 4 is 16.9 Å². The number of aromatic amines is 1. The van der Waals surface area contributed by atoms with Gasteiger partial charge in [-0.05, 0) is 41.7 Å². The first-order chi connectivity index (χ1) is 13.1. The standard InChI is InChI=1S/C22H25N3O2/c1-14(2)21(22-23-17-5-3-4-6-18(17)24-22)25-20(26)10-8-15-7-9-19-16(13-15)11-12-27-19/h3-7,9,13-14,21H,8,10-12H2,1-2H3,(H,23,24)(H,25,26). The zero-order chi connectivity index (χ0) is 18.8. The quantitative estimate of drug-likeness (QED) is 0.697. The van der Waals surface area contributed by atoms with E-state index in [0.717, 1.165) is 42.1 Å². The van der Waals surface area contributed by atoms with Crippen LogP contribution in [0.4, 0.5) is 0 Å². The van der Waals surface area contributed by atoms with Crippen molar-refractivity contribution in [2.75, 3.05) is 6.61 Å². The van der Waals surface area contributed by atoms with Gasteiger partial charge in [0, 0.05) is 12.8 Å². The van der Waals surface area contributed by atoms with E-state index < -0.39 is 0 Å². The van der Waals surface area contributed by atoms with Crippen molar-refractivity contribution in [3.05, 3.63) is 59.4 Å². The summed E-state index contributed by atoms with van der Waals surface area (Å²) in [6.07, 6.45) is 2.14. The fourth-order valence-electron chi connectivity index (χ4n) is 3.57. The van der Waals surface area contributed by atoms with Crippen molar-refractivity contribution in [1.82, 2.24) is 15.3 Å². The molecule has 1 aromatic heterocycles. The van der Waals surface area contributed by atoms with Crippen LogP contribution in [0.25, 0.3) is 11.0 Å². The van der Waals surface area contributed by atoms with Gasteiger partial charge >= 0.3 is 0 Å².